The lowest BCUT2D eigenvalue weighted by atomic mass is 9.99. The molecule has 18 heavy (non-hydrogen) atoms. The molecule has 0 aromatic heterocycles. The zero-order valence-corrected chi connectivity index (χ0v) is 10.3. The van der Waals surface area contributed by atoms with Gasteiger partial charge in [0, 0.05) is 6.04 Å². The Hall–Kier alpha value is -2.00. The molecule has 94 valence electrons. The summed E-state index contributed by atoms with van der Waals surface area (Å²) in [6.45, 7) is 0. The molecule has 0 radical (unpaired) electrons. The van der Waals surface area contributed by atoms with Gasteiger partial charge in [-0.05, 0) is 41.8 Å². The first-order valence-corrected chi connectivity index (χ1v) is 5.86. The SMILES string of the molecule is COc1cccc([C@@H](N)Cc2cccc(O)c2)c1. The van der Waals surface area contributed by atoms with Crippen molar-refractivity contribution in [3.05, 3.63) is 59.7 Å². The number of aromatic hydroxyl groups is 1. The number of methoxy groups -OCH3 is 1. The van der Waals surface area contributed by atoms with E-state index in [1.165, 1.54) is 0 Å². The number of ether oxygens (including phenoxy) is 1. The lowest BCUT2D eigenvalue weighted by Crippen LogP contribution is -2.13. The Bertz CT molecular complexity index is 525. The Morgan fingerprint density at radius 3 is 2.67 bits per heavy atom. The minimum absolute atomic E-state index is 0.109. The van der Waals surface area contributed by atoms with E-state index in [-0.39, 0.29) is 11.8 Å². The number of benzene rings is 2. The van der Waals surface area contributed by atoms with Crippen LogP contribution in [0.4, 0.5) is 0 Å². The maximum absolute atomic E-state index is 9.42. The fraction of sp³-hybridized carbons (Fsp3) is 0.200. The van der Waals surface area contributed by atoms with Gasteiger partial charge in [-0.3, -0.25) is 0 Å². The number of nitrogens with two attached hydrogens (primary N) is 1. The summed E-state index contributed by atoms with van der Waals surface area (Å²) in [4.78, 5) is 0. The van der Waals surface area contributed by atoms with Crippen LogP contribution in [0, 0.1) is 0 Å². The third kappa shape index (κ3) is 3.02. The quantitative estimate of drug-likeness (QED) is 0.868. The van der Waals surface area contributed by atoms with E-state index in [0.717, 1.165) is 16.9 Å². The largest absolute Gasteiger partial charge is 0.508 e. The second kappa shape index (κ2) is 5.56. The van der Waals surface area contributed by atoms with Gasteiger partial charge in [0.2, 0.25) is 0 Å². The van der Waals surface area contributed by atoms with E-state index >= 15 is 0 Å². The van der Waals surface area contributed by atoms with Crippen molar-refractivity contribution in [3.8, 4) is 11.5 Å². The summed E-state index contributed by atoms with van der Waals surface area (Å²) < 4.78 is 5.18. The maximum atomic E-state index is 9.42. The monoisotopic (exact) mass is 243 g/mol. The molecule has 3 nitrogen and oxygen atoms in total. The fourth-order valence-electron chi connectivity index (χ4n) is 1.93. The first-order valence-electron chi connectivity index (χ1n) is 5.86. The predicted octanol–water partition coefficient (Wildman–Crippen LogP) is 2.64. The summed E-state index contributed by atoms with van der Waals surface area (Å²) in [6.07, 6.45) is 0.682. The molecular weight excluding hydrogens is 226 g/mol. The smallest absolute Gasteiger partial charge is 0.119 e. The summed E-state index contributed by atoms with van der Waals surface area (Å²) in [7, 11) is 1.64. The van der Waals surface area contributed by atoms with Gasteiger partial charge in [-0.25, -0.2) is 0 Å². The summed E-state index contributed by atoms with van der Waals surface area (Å²) in [5.41, 5.74) is 8.21. The van der Waals surface area contributed by atoms with Crippen molar-refractivity contribution in [1.82, 2.24) is 0 Å². The van der Waals surface area contributed by atoms with Gasteiger partial charge in [0.05, 0.1) is 7.11 Å². The van der Waals surface area contributed by atoms with Gasteiger partial charge in [0.15, 0.2) is 0 Å². The first-order chi connectivity index (χ1) is 8.69. The number of hydrogen-bond donors (Lipinski definition) is 2. The van der Waals surface area contributed by atoms with Crippen molar-refractivity contribution in [2.45, 2.75) is 12.5 Å². The Kier molecular flexibility index (Phi) is 3.85. The Morgan fingerprint density at radius 2 is 1.94 bits per heavy atom. The molecule has 0 aliphatic carbocycles. The van der Waals surface area contributed by atoms with Crippen molar-refractivity contribution >= 4 is 0 Å². The molecule has 3 heteroatoms. The van der Waals surface area contributed by atoms with Crippen molar-refractivity contribution in [2.24, 2.45) is 5.73 Å². The molecule has 0 spiro atoms. The molecule has 0 fully saturated rings. The normalized spacial score (nSPS) is 12.1. The highest BCUT2D eigenvalue weighted by atomic mass is 16.5. The van der Waals surface area contributed by atoms with Crippen molar-refractivity contribution in [2.75, 3.05) is 7.11 Å². The van der Waals surface area contributed by atoms with Crippen LogP contribution in [-0.4, -0.2) is 12.2 Å². The molecular formula is C15H17NO2. The Labute approximate surface area is 107 Å². The van der Waals surface area contributed by atoms with Gasteiger partial charge >= 0.3 is 0 Å². The highest BCUT2D eigenvalue weighted by Gasteiger charge is 2.08. The van der Waals surface area contributed by atoms with Gasteiger partial charge in [-0.15, -0.1) is 0 Å². The van der Waals surface area contributed by atoms with Crippen molar-refractivity contribution in [1.29, 1.82) is 0 Å². The van der Waals surface area contributed by atoms with Crippen LogP contribution < -0.4 is 10.5 Å². The minimum Gasteiger partial charge on any atom is -0.508 e. The third-order valence-corrected chi connectivity index (χ3v) is 2.89. The van der Waals surface area contributed by atoms with Gasteiger partial charge in [-0.1, -0.05) is 24.3 Å². The van der Waals surface area contributed by atoms with Crippen LogP contribution in [0.1, 0.15) is 17.2 Å². The molecule has 0 unspecified atom stereocenters. The minimum atomic E-state index is -0.109. The van der Waals surface area contributed by atoms with E-state index in [1.54, 1.807) is 19.2 Å². The molecule has 2 rings (SSSR count). The van der Waals surface area contributed by atoms with Gasteiger partial charge < -0.3 is 15.6 Å². The summed E-state index contributed by atoms with van der Waals surface area (Å²) in [6, 6.07) is 14.8. The summed E-state index contributed by atoms with van der Waals surface area (Å²) >= 11 is 0. The Morgan fingerprint density at radius 1 is 1.17 bits per heavy atom. The van der Waals surface area contributed by atoms with Crippen LogP contribution in [-0.2, 0) is 6.42 Å². The van der Waals surface area contributed by atoms with Crippen LogP contribution in [0.15, 0.2) is 48.5 Å². The number of hydrogen-bond acceptors (Lipinski definition) is 3. The zero-order valence-electron chi connectivity index (χ0n) is 10.3. The zero-order chi connectivity index (χ0) is 13.0. The highest BCUT2D eigenvalue weighted by Crippen LogP contribution is 2.22. The van der Waals surface area contributed by atoms with Gasteiger partial charge in [0.25, 0.3) is 0 Å². The van der Waals surface area contributed by atoms with E-state index in [1.807, 2.05) is 36.4 Å². The van der Waals surface area contributed by atoms with Crippen LogP contribution in [0.5, 0.6) is 11.5 Å². The lowest BCUT2D eigenvalue weighted by Gasteiger charge is -2.13. The van der Waals surface area contributed by atoms with E-state index in [4.69, 9.17) is 10.5 Å². The molecule has 2 aromatic carbocycles. The molecule has 0 heterocycles. The van der Waals surface area contributed by atoms with E-state index in [2.05, 4.69) is 0 Å². The van der Waals surface area contributed by atoms with Gasteiger partial charge in [-0.2, -0.15) is 0 Å². The van der Waals surface area contributed by atoms with Crippen molar-refractivity contribution in [3.63, 3.8) is 0 Å². The third-order valence-electron chi connectivity index (χ3n) is 2.89. The van der Waals surface area contributed by atoms with Crippen molar-refractivity contribution < 1.29 is 9.84 Å². The predicted molar refractivity (Wildman–Crippen MR) is 71.7 cm³/mol. The molecule has 0 amide bonds. The lowest BCUT2D eigenvalue weighted by molar-refractivity contribution is 0.413. The molecule has 0 saturated heterocycles. The van der Waals surface area contributed by atoms with Crippen LogP contribution in [0.2, 0.25) is 0 Å². The number of rotatable bonds is 4. The van der Waals surface area contributed by atoms with Crippen LogP contribution in [0.3, 0.4) is 0 Å². The molecule has 2 aromatic rings. The van der Waals surface area contributed by atoms with Gasteiger partial charge in [0.1, 0.15) is 11.5 Å². The first kappa shape index (κ1) is 12.5. The highest BCUT2D eigenvalue weighted by molar-refractivity contribution is 5.33. The molecule has 3 N–H and O–H groups in total. The van der Waals surface area contributed by atoms with E-state index in [0.29, 0.717) is 6.42 Å². The number of phenolic OH excluding ortho intramolecular Hbond substituents is 1. The Balaban J connectivity index is 2.13. The second-order valence-electron chi connectivity index (χ2n) is 4.26. The average molecular weight is 243 g/mol. The molecule has 1 atom stereocenters. The second-order valence-corrected chi connectivity index (χ2v) is 4.26. The number of phenols is 1. The fourth-order valence-corrected chi connectivity index (χ4v) is 1.93. The molecule has 0 bridgehead atoms. The topological polar surface area (TPSA) is 55.5 Å². The summed E-state index contributed by atoms with van der Waals surface area (Å²) in [5, 5.41) is 9.42. The van der Waals surface area contributed by atoms with E-state index < -0.39 is 0 Å². The molecule has 0 saturated carbocycles. The molecule has 0 aliphatic rings. The van der Waals surface area contributed by atoms with Crippen LogP contribution in [0.25, 0.3) is 0 Å². The molecule has 0 aliphatic heterocycles. The standard InChI is InChI=1S/C15H17NO2/c1-18-14-7-3-5-12(10-14)15(16)9-11-4-2-6-13(17)8-11/h2-8,10,15,17H,9,16H2,1H3/t15-/m0/s1. The maximum Gasteiger partial charge on any atom is 0.119 e. The summed E-state index contributed by atoms with van der Waals surface area (Å²) in [5.74, 6) is 1.07. The van der Waals surface area contributed by atoms with E-state index in [9.17, 15) is 5.11 Å². The van der Waals surface area contributed by atoms with Crippen LogP contribution >= 0.6 is 0 Å². The average Bonchev–Trinajstić information content (AvgIpc) is 2.39.